The second-order valence-electron chi connectivity index (χ2n) is 6.64. The van der Waals surface area contributed by atoms with Crippen molar-refractivity contribution in [1.82, 2.24) is 10.2 Å². The highest BCUT2D eigenvalue weighted by atomic mass is 32.1. The molecule has 0 radical (unpaired) electrons. The Balaban J connectivity index is 1.41. The summed E-state index contributed by atoms with van der Waals surface area (Å²) in [6, 6.07) is 17.4. The summed E-state index contributed by atoms with van der Waals surface area (Å²) in [4.78, 5) is 14.4. The Bertz CT molecular complexity index is 744. The molecule has 0 spiro atoms. The molecule has 1 fully saturated rings. The highest BCUT2D eigenvalue weighted by molar-refractivity contribution is 7.80. The van der Waals surface area contributed by atoms with E-state index in [9.17, 15) is 4.79 Å². The zero-order valence-corrected chi connectivity index (χ0v) is 16.1. The third kappa shape index (κ3) is 6.66. The van der Waals surface area contributed by atoms with Crippen molar-refractivity contribution in [2.24, 2.45) is 0 Å². The molecular weight excluding hydrogens is 358 g/mol. The van der Waals surface area contributed by atoms with E-state index in [1.165, 1.54) is 37.9 Å². The number of piperidine rings is 1. The van der Waals surface area contributed by atoms with Crippen molar-refractivity contribution in [3.05, 3.63) is 60.2 Å². The molecule has 1 aliphatic heterocycles. The Labute approximate surface area is 165 Å². The van der Waals surface area contributed by atoms with Crippen LogP contribution in [0.15, 0.2) is 54.6 Å². The van der Waals surface area contributed by atoms with Gasteiger partial charge in [-0.25, -0.2) is 0 Å². The van der Waals surface area contributed by atoms with E-state index in [0.29, 0.717) is 5.75 Å². The van der Waals surface area contributed by atoms with E-state index in [1.807, 2.05) is 30.3 Å². The van der Waals surface area contributed by atoms with Crippen LogP contribution < -0.4 is 15.4 Å². The first-order valence-electron chi connectivity index (χ1n) is 9.29. The zero-order chi connectivity index (χ0) is 18.9. The molecule has 1 aliphatic rings. The Kier molecular flexibility index (Phi) is 7.19. The van der Waals surface area contributed by atoms with Crippen LogP contribution in [0.1, 0.15) is 24.8 Å². The van der Waals surface area contributed by atoms with Crippen molar-refractivity contribution in [2.45, 2.75) is 25.8 Å². The van der Waals surface area contributed by atoms with Gasteiger partial charge in [0, 0.05) is 12.2 Å². The van der Waals surface area contributed by atoms with Gasteiger partial charge in [0.15, 0.2) is 11.7 Å². The highest BCUT2D eigenvalue weighted by Crippen LogP contribution is 2.15. The van der Waals surface area contributed by atoms with Gasteiger partial charge in [0.05, 0.1) is 0 Å². The van der Waals surface area contributed by atoms with E-state index in [0.717, 1.165) is 12.2 Å². The molecule has 142 valence electrons. The smallest absolute Gasteiger partial charge is 0.264 e. The van der Waals surface area contributed by atoms with E-state index >= 15 is 0 Å². The van der Waals surface area contributed by atoms with Crippen molar-refractivity contribution >= 4 is 28.9 Å². The Morgan fingerprint density at radius 3 is 2.41 bits per heavy atom. The number of rotatable bonds is 6. The first kappa shape index (κ1) is 19.3. The molecule has 0 aromatic heterocycles. The SMILES string of the molecule is O=C(COc1ccccc1)NC(=S)Nc1ccc(CN2CCCCC2)cc1. The predicted molar refractivity (Wildman–Crippen MR) is 112 cm³/mol. The van der Waals surface area contributed by atoms with Gasteiger partial charge in [0.25, 0.3) is 5.91 Å². The van der Waals surface area contributed by atoms with E-state index in [2.05, 4.69) is 27.7 Å². The van der Waals surface area contributed by atoms with Crippen LogP contribution in [-0.4, -0.2) is 35.6 Å². The molecule has 0 unspecified atom stereocenters. The lowest BCUT2D eigenvalue weighted by Gasteiger charge is -2.26. The number of anilines is 1. The van der Waals surface area contributed by atoms with Crippen LogP contribution >= 0.6 is 12.2 Å². The normalized spacial score (nSPS) is 14.4. The summed E-state index contributed by atoms with van der Waals surface area (Å²) in [6.07, 6.45) is 3.93. The number of benzene rings is 2. The Morgan fingerprint density at radius 2 is 1.70 bits per heavy atom. The van der Waals surface area contributed by atoms with Gasteiger partial charge in [-0.2, -0.15) is 0 Å². The number of carbonyl (C=O) groups excluding carboxylic acids is 1. The molecule has 1 heterocycles. The number of nitrogens with one attached hydrogen (secondary N) is 2. The third-order valence-electron chi connectivity index (χ3n) is 4.43. The number of carbonyl (C=O) groups is 1. The summed E-state index contributed by atoms with van der Waals surface area (Å²) >= 11 is 5.20. The predicted octanol–water partition coefficient (Wildman–Crippen LogP) is 3.56. The number of thiocarbonyl (C=S) groups is 1. The molecule has 2 aromatic rings. The first-order chi connectivity index (χ1) is 13.2. The van der Waals surface area contributed by atoms with Crippen LogP contribution in [0, 0.1) is 0 Å². The molecule has 6 heteroatoms. The van der Waals surface area contributed by atoms with E-state index in [4.69, 9.17) is 17.0 Å². The van der Waals surface area contributed by atoms with Gasteiger partial charge >= 0.3 is 0 Å². The number of ether oxygens (including phenoxy) is 1. The number of hydrogen-bond donors (Lipinski definition) is 2. The van der Waals surface area contributed by atoms with Crippen LogP contribution in [0.5, 0.6) is 5.75 Å². The van der Waals surface area contributed by atoms with Crippen LogP contribution in [-0.2, 0) is 11.3 Å². The highest BCUT2D eigenvalue weighted by Gasteiger charge is 2.10. The van der Waals surface area contributed by atoms with Crippen molar-refractivity contribution in [2.75, 3.05) is 25.0 Å². The molecule has 3 rings (SSSR count). The summed E-state index contributed by atoms with van der Waals surface area (Å²) in [7, 11) is 0. The Hall–Kier alpha value is -2.44. The van der Waals surface area contributed by atoms with Crippen LogP contribution in [0.4, 0.5) is 5.69 Å². The minimum absolute atomic E-state index is 0.0827. The Morgan fingerprint density at radius 1 is 1.00 bits per heavy atom. The maximum atomic E-state index is 11.9. The summed E-state index contributed by atoms with van der Waals surface area (Å²) in [5.41, 5.74) is 2.14. The van der Waals surface area contributed by atoms with Gasteiger partial charge in [-0.1, -0.05) is 36.8 Å². The first-order valence-corrected chi connectivity index (χ1v) is 9.70. The summed E-state index contributed by atoms with van der Waals surface area (Å²) in [5, 5.41) is 5.92. The van der Waals surface area contributed by atoms with Crippen molar-refractivity contribution in [1.29, 1.82) is 0 Å². The third-order valence-corrected chi connectivity index (χ3v) is 4.64. The number of amides is 1. The van der Waals surface area contributed by atoms with Gasteiger partial charge < -0.3 is 10.1 Å². The molecule has 0 aliphatic carbocycles. The summed E-state index contributed by atoms with van der Waals surface area (Å²) in [6.45, 7) is 3.27. The van der Waals surface area contributed by atoms with Gasteiger partial charge in [-0.3, -0.25) is 15.0 Å². The fraction of sp³-hybridized carbons (Fsp3) is 0.333. The summed E-state index contributed by atoms with van der Waals surface area (Å²) < 4.78 is 5.40. The number of likely N-dealkylation sites (tertiary alicyclic amines) is 1. The van der Waals surface area contributed by atoms with Crippen molar-refractivity contribution in [3.8, 4) is 5.75 Å². The van der Waals surface area contributed by atoms with Crippen LogP contribution in [0.3, 0.4) is 0 Å². The number of para-hydroxylation sites is 1. The van der Waals surface area contributed by atoms with Crippen molar-refractivity contribution in [3.63, 3.8) is 0 Å². The van der Waals surface area contributed by atoms with E-state index in [1.54, 1.807) is 12.1 Å². The fourth-order valence-electron chi connectivity index (χ4n) is 3.06. The number of hydrogen-bond acceptors (Lipinski definition) is 4. The molecule has 2 N–H and O–H groups in total. The molecule has 0 bridgehead atoms. The lowest BCUT2D eigenvalue weighted by molar-refractivity contribution is -0.121. The van der Waals surface area contributed by atoms with Gasteiger partial charge in [-0.15, -0.1) is 0 Å². The van der Waals surface area contributed by atoms with Crippen LogP contribution in [0.2, 0.25) is 0 Å². The minimum atomic E-state index is -0.293. The number of nitrogens with zero attached hydrogens (tertiary/aromatic N) is 1. The average molecular weight is 384 g/mol. The van der Waals surface area contributed by atoms with Gasteiger partial charge in [0.1, 0.15) is 5.75 Å². The lowest BCUT2D eigenvalue weighted by Crippen LogP contribution is -2.37. The molecule has 5 nitrogen and oxygen atoms in total. The largest absolute Gasteiger partial charge is 0.484 e. The lowest BCUT2D eigenvalue weighted by atomic mass is 10.1. The maximum Gasteiger partial charge on any atom is 0.264 e. The standard InChI is InChI=1S/C21H25N3O2S/c25-20(16-26-19-7-3-1-4-8-19)23-21(27)22-18-11-9-17(10-12-18)15-24-13-5-2-6-14-24/h1,3-4,7-12H,2,5-6,13-16H2,(H2,22,23,25,27). The average Bonchev–Trinajstić information content (AvgIpc) is 2.69. The molecule has 0 saturated carbocycles. The molecule has 1 saturated heterocycles. The van der Waals surface area contributed by atoms with Gasteiger partial charge in [0.2, 0.25) is 0 Å². The monoisotopic (exact) mass is 383 g/mol. The second-order valence-corrected chi connectivity index (χ2v) is 7.05. The topological polar surface area (TPSA) is 53.6 Å². The zero-order valence-electron chi connectivity index (χ0n) is 15.3. The van der Waals surface area contributed by atoms with Gasteiger partial charge in [-0.05, 0) is 68.0 Å². The molecule has 0 atom stereocenters. The van der Waals surface area contributed by atoms with Crippen molar-refractivity contribution < 1.29 is 9.53 Å². The summed E-state index contributed by atoms with van der Waals surface area (Å²) in [5.74, 6) is 0.355. The fourth-order valence-corrected chi connectivity index (χ4v) is 3.29. The quantitative estimate of drug-likeness (QED) is 0.747. The molecule has 2 aromatic carbocycles. The molecular formula is C21H25N3O2S. The molecule has 1 amide bonds. The van der Waals surface area contributed by atoms with Crippen LogP contribution in [0.25, 0.3) is 0 Å². The minimum Gasteiger partial charge on any atom is -0.484 e. The maximum absolute atomic E-state index is 11.9. The molecule has 27 heavy (non-hydrogen) atoms. The second kappa shape index (κ2) is 10.0. The van der Waals surface area contributed by atoms with E-state index < -0.39 is 0 Å². The van der Waals surface area contributed by atoms with E-state index in [-0.39, 0.29) is 17.6 Å².